The molecule has 2 nitrogen and oxygen atoms in total. The van der Waals surface area contributed by atoms with E-state index in [0.717, 1.165) is 19.1 Å². The molecule has 2 atom stereocenters. The molecule has 13 heavy (non-hydrogen) atoms. The fourth-order valence-corrected chi connectivity index (χ4v) is 2.54. The molecule has 0 spiro atoms. The predicted octanol–water partition coefficient (Wildman–Crippen LogP) is 1.42. The Morgan fingerprint density at radius 3 is 3.00 bits per heavy atom. The average Bonchev–Trinajstić information content (AvgIpc) is 2.15. The Balaban J connectivity index is 2.30. The van der Waals surface area contributed by atoms with Gasteiger partial charge in [0.05, 0.1) is 0 Å². The van der Waals surface area contributed by atoms with Gasteiger partial charge in [-0.1, -0.05) is 0 Å². The second-order valence-corrected chi connectivity index (χ2v) is 4.91. The molecular formula is C10H22N2S. The van der Waals surface area contributed by atoms with Crippen molar-refractivity contribution in [3.63, 3.8) is 0 Å². The Bertz CT molecular complexity index is 141. The first-order chi connectivity index (χ1) is 6.25. The van der Waals surface area contributed by atoms with Gasteiger partial charge in [0.1, 0.15) is 0 Å². The summed E-state index contributed by atoms with van der Waals surface area (Å²) >= 11 is 1.95. The van der Waals surface area contributed by atoms with E-state index in [1.165, 1.54) is 18.7 Å². The largest absolute Gasteiger partial charge is 0.314 e. The van der Waals surface area contributed by atoms with Gasteiger partial charge in [0, 0.05) is 31.7 Å². The number of nitrogens with zero attached hydrogens (tertiary/aromatic N) is 1. The Hall–Kier alpha value is 0.270. The minimum atomic E-state index is 0.714. The number of hydrogen-bond acceptors (Lipinski definition) is 3. The van der Waals surface area contributed by atoms with Crippen molar-refractivity contribution in [3.05, 3.63) is 0 Å². The maximum Gasteiger partial charge on any atom is 0.0195 e. The summed E-state index contributed by atoms with van der Waals surface area (Å²) in [5.41, 5.74) is 0. The molecule has 1 aliphatic heterocycles. The molecule has 1 aliphatic rings. The van der Waals surface area contributed by atoms with E-state index in [-0.39, 0.29) is 0 Å². The van der Waals surface area contributed by atoms with Crippen molar-refractivity contribution in [3.8, 4) is 0 Å². The molecule has 78 valence electrons. The minimum Gasteiger partial charge on any atom is -0.314 e. The lowest BCUT2D eigenvalue weighted by Crippen LogP contribution is -2.53. The van der Waals surface area contributed by atoms with Gasteiger partial charge in [0.25, 0.3) is 0 Å². The van der Waals surface area contributed by atoms with Crippen LogP contribution in [-0.2, 0) is 0 Å². The summed E-state index contributed by atoms with van der Waals surface area (Å²) in [5, 5.41) is 3.43. The van der Waals surface area contributed by atoms with Gasteiger partial charge in [-0.25, -0.2) is 0 Å². The zero-order valence-corrected chi connectivity index (χ0v) is 9.86. The van der Waals surface area contributed by atoms with Crippen molar-refractivity contribution < 1.29 is 0 Å². The number of rotatable bonds is 4. The first-order valence-electron chi connectivity index (χ1n) is 5.21. The van der Waals surface area contributed by atoms with E-state index in [1.807, 2.05) is 11.8 Å². The molecule has 1 heterocycles. The molecule has 0 amide bonds. The van der Waals surface area contributed by atoms with Crippen LogP contribution in [0.2, 0.25) is 0 Å². The summed E-state index contributed by atoms with van der Waals surface area (Å²) in [6, 6.07) is 1.47. The third-order valence-corrected chi connectivity index (χ3v) is 3.50. The molecule has 0 aromatic carbocycles. The Morgan fingerprint density at radius 2 is 2.38 bits per heavy atom. The standard InChI is InChI=1S/C10H22N2S/c1-9(4-7-13-3)12-6-5-11-8-10(12)2/h9-11H,4-8H2,1-3H3. The molecule has 0 bridgehead atoms. The van der Waals surface area contributed by atoms with E-state index in [0.29, 0.717) is 6.04 Å². The van der Waals surface area contributed by atoms with Crippen LogP contribution >= 0.6 is 11.8 Å². The Morgan fingerprint density at radius 1 is 1.62 bits per heavy atom. The molecule has 2 unspecified atom stereocenters. The van der Waals surface area contributed by atoms with Gasteiger partial charge < -0.3 is 5.32 Å². The van der Waals surface area contributed by atoms with Crippen LogP contribution in [0.4, 0.5) is 0 Å². The number of nitrogens with one attached hydrogen (secondary N) is 1. The summed E-state index contributed by atoms with van der Waals surface area (Å²) in [6.45, 7) is 8.22. The molecule has 0 radical (unpaired) electrons. The zero-order chi connectivity index (χ0) is 9.68. The van der Waals surface area contributed by atoms with Gasteiger partial charge in [-0.2, -0.15) is 11.8 Å². The van der Waals surface area contributed by atoms with E-state index in [1.54, 1.807) is 0 Å². The van der Waals surface area contributed by atoms with E-state index in [4.69, 9.17) is 0 Å². The van der Waals surface area contributed by atoms with E-state index >= 15 is 0 Å². The van der Waals surface area contributed by atoms with E-state index in [9.17, 15) is 0 Å². The molecule has 0 aliphatic carbocycles. The van der Waals surface area contributed by atoms with Crippen LogP contribution < -0.4 is 5.32 Å². The highest BCUT2D eigenvalue weighted by Gasteiger charge is 2.21. The summed E-state index contributed by atoms with van der Waals surface area (Å²) in [5.74, 6) is 1.29. The van der Waals surface area contributed by atoms with Gasteiger partial charge >= 0.3 is 0 Å². The summed E-state index contributed by atoms with van der Waals surface area (Å²) in [4.78, 5) is 2.63. The normalized spacial score (nSPS) is 27.5. The van der Waals surface area contributed by atoms with Crippen LogP contribution in [0.3, 0.4) is 0 Å². The molecule has 1 N–H and O–H groups in total. The third kappa shape index (κ3) is 3.49. The quantitative estimate of drug-likeness (QED) is 0.742. The van der Waals surface area contributed by atoms with Crippen molar-refractivity contribution in [1.29, 1.82) is 0 Å². The highest BCUT2D eigenvalue weighted by Crippen LogP contribution is 2.12. The first kappa shape index (κ1) is 11.3. The van der Waals surface area contributed by atoms with Gasteiger partial charge in [0.15, 0.2) is 0 Å². The molecule has 1 rings (SSSR count). The fourth-order valence-electron chi connectivity index (χ4n) is 1.97. The van der Waals surface area contributed by atoms with Crippen LogP contribution in [0.5, 0.6) is 0 Å². The highest BCUT2D eigenvalue weighted by atomic mass is 32.2. The van der Waals surface area contributed by atoms with Crippen LogP contribution in [0.1, 0.15) is 20.3 Å². The topological polar surface area (TPSA) is 15.3 Å². The van der Waals surface area contributed by atoms with Gasteiger partial charge in [-0.15, -0.1) is 0 Å². The lowest BCUT2D eigenvalue weighted by Gasteiger charge is -2.38. The third-order valence-electron chi connectivity index (χ3n) is 2.86. The maximum absolute atomic E-state index is 3.43. The monoisotopic (exact) mass is 202 g/mol. The van der Waals surface area contributed by atoms with E-state index < -0.39 is 0 Å². The molecule has 1 saturated heterocycles. The molecule has 1 fully saturated rings. The number of thioether (sulfide) groups is 1. The lowest BCUT2D eigenvalue weighted by atomic mass is 10.1. The van der Waals surface area contributed by atoms with Crippen LogP contribution in [0.25, 0.3) is 0 Å². The fraction of sp³-hybridized carbons (Fsp3) is 1.00. The lowest BCUT2D eigenvalue weighted by molar-refractivity contribution is 0.124. The SMILES string of the molecule is CSCCC(C)N1CCNCC1C. The number of piperazine rings is 1. The van der Waals surface area contributed by atoms with E-state index in [2.05, 4.69) is 30.3 Å². The smallest absolute Gasteiger partial charge is 0.0195 e. The Labute approximate surface area is 86.5 Å². The van der Waals surface area contributed by atoms with Gasteiger partial charge in [-0.3, -0.25) is 4.90 Å². The second-order valence-electron chi connectivity index (χ2n) is 3.92. The summed E-state index contributed by atoms with van der Waals surface area (Å²) < 4.78 is 0. The molecular weight excluding hydrogens is 180 g/mol. The predicted molar refractivity (Wildman–Crippen MR) is 61.5 cm³/mol. The van der Waals surface area contributed by atoms with Crippen molar-refractivity contribution >= 4 is 11.8 Å². The van der Waals surface area contributed by atoms with Crippen molar-refractivity contribution in [2.24, 2.45) is 0 Å². The molecule has 0 saturated carbocycles. The Kier molecular flexibility index (Phi) is 5.14. The van der Waals surface area contributed by atoms with Gasteiger partial charge in [0.2, 0.25) is 0 Å². The molecule has 3 heteroatoms. The molecule has 0 aromatic rings. The number of hydrogen-bond donors (Lipinski definition) is 1. The van der Waals surface area contributed by atoms with Gasteiger partial charge in [-0.05, 0) is 32.3 Å². The van der Waals surface area contributed by atoms with Crippen molar-refractivity contribution in [2.45, 2.75) is 32.4 Å². The zero-order valence-electron chi connectivity index (χ0n) is 9.05. The highest BCUT2D eigenvalue weighted by molar-refractivity contribution is 7.98. The van der Waals surface area contributed by atoms with Crippen LogP contribution in [-0.4, -0.2) is 48.6 Å². The van der Waals surface area contributed by atoms with Crippen LogP contribution in [0.15, 0.2) is 0 Å². The van der Waals surface area contributed by atoms with Crippen LogP contribution in [0, 0.1) is 0 Å². The van der Waals surface area contributed by atoms with Crippen molar-refractivity contribution in [1.82, 2.24) is 10.2 Å². The maximum atomic E-state index is 3.43. The molecule has 0 aromatic heterocycles. The summed E-state index contributed by atoms with van der Waals surface area (Å²) in [7, 11) is 0. The summed E-state index contributed by atoms with van der Waals surface area (Å²) in [6.07, 6.45) is 3.51. The van der Waals surface area contributed by atoms with Crippen molar-refractivity contribution in [2.75, 3.05) is 31.6 Å². The average molecular weight is 202 g/mol. The minimum absolute atomic E-state index is 0.714. The first-order valence-corrected chi connectivity index (χ1v) is 6.60. The second kappa shape index (κ2) is 5.89.